The number of rotatable bonds is 3. The van der Waals surface area contributed by atoms with Crippen LogP contribution >= 0.6 is 23.4 Å². The van der Waals surface area contributed by atoms with Crippen molar-refractivity contribution in [3.63, 3.8) is 0 Å². The largest absolute Gasteiger partial charge is 0.273 e. The molecule has 140 valence electrons. The number of fused-ring (bicyclic) bond motifs is 1. The number of anilines is 1. The van der Waals surface area contributed by atoms with Crippen LogP contribution in [0.25, 0.3) is 10.8 Å². The zero-order valence-electron chi connectivity index (χ0n) is 14.9. The topological polar surface area (TPSA) is 61.8 Å². The van der Waals surface area contributed by atoms with Gasteiger partial charge in [-0.25, -0.2) is 5.43 Å². The standard InChI is InChI=1S/C21H16ClN3O2S/c1-13-20(27)25(18-8-4-6-14-5-2-3-7-17(14)18)21(28-13)24-23-19(26)15-9-11-16(22)12-10-15/h2-13H,1H3,(H,23,26)/t13-/m0/s1. The monoisotopic (exact) mass is 409 g/mol. The molecule has 1 N–H and O–H groups in total. The lowest BCUT2D eigenvalue weighted by atomic mass is 10.1. The van der Waals surface area contributed by atoms with Gasteiger partial charge in [-0.1, -0.05) is 59.8 Å². The highest BCUT2D eigenvalue weighted by molar-refractivity contribution is 8.16. The van der Waals surface area contributed by atoms with Gasteiger partial charge in [0, 0.05) is 16.0 Å². The van der Waals surface area contributed by atoms with E-state index in [0.29, 0.717) is 15.8 Å². The van der Waals surface area contributed by atoms with Crippen LogP contribution in [0.5, 0.6) is 0 Å². The Morgan fingerprint density at radius 3 is 2.57 bits per heavy atom. The number of hydrogen-bond donors (Lipinski definition) is 1. The molecule has 0 aliphatic carbocycles. The Morgan fingerprint density at radius 1 is 1.07 bits per heavy atom. The van der Waals surface area contributed by atoms with Gasteiger partial charge in [0.25, 0.3) is 5.91 Å². The van der Waals surface area contributed by atoms with E-state index in [1.807, 2.05) is 49.4 Å². The molecule has 3 aromatic carbocycles. The Hall–Kier alpha value is -2.83. The molecule has 1 fully saturated rings. The van der Waals surface area contributed by atoms with E-state index < -0.39 is 0 Å². The second-order valence-corrected chi connectivity index (χ2v) is 8.02. The highest BCUT2D eigenvalue weighted by Gasteiger charge is 2.37. The molecular formula is C21H16ClN3O2S. The maximum absolute atomic E-state index is 12.8. The van der Waals surface area contributed by atoms with Crippen LogP contribution in [0, 0.1) is 0 Å². The number of carbonyl (C=O) groups is 2. The summed E-state index contributed by atoms with van der Waals surface area (Å²) in [5, 5.41) is 6.92. The van der Waals surface area contributed by atoms with Crippen molar-refractivity contribution in [3.8, 4) is 0 Å². The SMILES string of the molecule is C[C@@H]1SC(=NNC(=O)c2ccc(Cl)cc2)N(c2cccc3ccccc23)C1=O. The molecule has 7 heteroatoms. The predicted molar refractivity (Wildman–Crippen MR) is 115 cm³/mol. The first-order valence-corrected chi connectivity index (χ1v) is 9.92. The Balaban J connectivity index is 1.67. The molecule has 1 atom stereocenters. The summed E-state index contributed by atoms with van der Waals surface area (Å²) in [5.74, 6) is -0.435. The first-order valence-electron chi connectivity index (χ1n) is 8.66. The normalized spacial score (nSPS) is 18.1. The molecule has 0 radical (unpaired) electrons. The lowest BCUT2D eigenvalue weighted by Crippen LogP contribution is -2.33. The summed E-state index contributed by atoms with van der Waals surface area (Å²) < 4.78 is 0. The van der Waals surface area contributed by atoms with E-state index in [2.05, 4.69) is 10.5 Å². The first-order chi connectivity index (χ1) is 13.5. The molecule has 0 aromatic heterocycles. The van der Waals surface area contributed by atoms with Crippen molar-refractivity contribution in [3.05, 3.63) is 77.3 Å². The maximum atomic E-state index is 12.8. The van der Waals surface area contributed by atoms with E-state index in [1.165, 1.54) is 11.8 Å². The van der Waals surface area contributed by atoms with Gasteiger partial charge in [0.2, 0.25) is 5.91 Å². The van der Waals surface area contributed by atoms with Crippen molar-refractivity contribution in [2.75, 3.05) is 4.90 Å². The average molecular weight is 410 g/mol. The zero-order chi connectivity index (χ0) is 19.7. The number of carbonyl (C=O) groups excluding carboxylic acids is 2. The zero-order valence-corrected chi connectivity index (χ0v) is 16.5. The van der Waals surface area contributed by atoms with Crippen LogP contribution in [-0.4, -0.2) is 22.2 Å². The first kappa shape index (κ1) is 18.5. The van der Waals surface area contributed by atoms with Crippen molar-refractivity contribution in [2.24, 2.45) is 5.10 Å². The Bertz CT molecular complexity index is 1090. The predicted octanol–water partition coefficient (Wildman–Crippen LogP) is 4.66. The smallest absolute Gasteiger partial charge is 0.271 e. The van der Waals surface area contributed by atoms with Gasteiger partial charge in [-0.05, 0) is 42.6 Å². The summed E-state index contributed by atoms with van der Waals surface area (Å²) in [6, 6.07) is 20.2. The molecule has 28 heavy (non-hydrogen) atoms. The third-order valence-electron chi connectivity index (χ3n) is 4.41. The number of amidine groups is 1. The van der Waals surface area contributed by atoms with Gasteiger partial charge in [-0.15, -0.1) is 5.10 Å². The quantitative estimate of drug-likeness (QED) is 0.640. The van der Waals surface area contributed by atoms with E-state index in [4.69, 9.17) is 11.6 Å². The third-order valence-corrected chi connectivity index (χ3v) is 5.70. The molecule has 5 nitrogen and oxygen atoms in total. The van der Waals surface area contributed by atoms with Gasteiger partial charge in [0.15, 0.2) is 5.17 Å². The van der Waals surface area contributed by atoms with Crippen LogP contribution in [-0.2, 0) is 4.79 Å². The van der Waals surface area contributed by atoms with Crippen LogP contribution in [0.3, 0.4) is 0 Å². The van der Waals surface area contributed by atoms with Gasteiger partial charge in [-0.3, -0.25) is 14.5 Å². The maximum Gasteiger partial charge on any atom is 0.271 e. The number of benzene rings is 3. The van der Waals surface area contributed by atoms with Crippen LogP contribution in [0.1, 0.15) is 17.3 Å². The molecule has 4 rings (SSSR count). The lowest BCUT2D eigenvalue weighted by Gasteiger charge is -2.18. The fraction of sp³-hybridized carbons (Fsp3) is 0.0952. The summed E-state index contributed by atoms with van der Waals surface area (Å²) >= 11 is 7.17. The average Bonchev–Trinajstić information content (AvgIpc) is 3.00. The Kier molecular flexibility index (Phi) is 5.07. The Morgan fingerprint density at radius 2 is 1.79 bits per heavy atom. The van der Waals surface area contributed by atoms with Gasteiger partial charge in [0.05, 0.1) is 10.9 Å². The molecule has 1 heterocycles. The second kappa shape index (κ2) is 7.66. The molecule has 1 aliphatic rings. The molecule has 3 aromatic rings. The van der Waals surface area contributed by atoms with E-state index in [0.717, 1.165) is 16.5 Å². The molecule has 0 saturated carbocycles. The van der Waals surface area contributed by atoms with Crippen LogP contribution in [0.4, 0.5) is 5.69 Å². The fourth-order valence-corrected chi connectivity index (χ4v) is 4.04. The minimum Gasteiger partial charge on any atom is -0.273 e. The van der Waals surface area contributed by atoms with Crippen molar-refractivity contribution >= 4 is 56.8 Å². The van der Waals surface area contributed by atoms with E-state index >= 15 is 0 Å². The number of hydrogen-bond acceptors (Lipinski definition) is 4. The summed E-state index contributed by atoms with van der Waals surface area (Å²) in [5.41, 5.74) is 3.73. The number of thioether (sulfide) groups is 1. The second-order valence-electron chi connectivity index (χ2n) is 6.27. The van der Waals surface area contributed by atoms with Crippen LogP contribution < -0.4 is 10.3 Å². The summed E-state index contributed by atoms with van der Waals surface area (Å²) in [6.45, 7) is 1.83. The molecule has 1 saturated heterocycles. The number of hydrazone groups is 1. The minimum atomic E-state index is -0.366. The molecule has 0 bridgehead atoms. The van der Waals surface area contributed by atoms with Crippen molar-refractivity contribution < 1.29 is 9.59 Å². The van der Waals surface area contributed by atoms with Crippen molar-refractivity contribution in [2.45, 2.75) is 12.2 Å². The van der Waals surface area contributed by atoms with Gasteiger partial charge in [-0.2, -0.15) is 0 Å². The van der Waals surface area contributed by atoms with E-state index in [-0.39, 0.29) is 17.1 Å². The van der Waals surface area contributed by atoms with E-state index in [9.17, 15) is 9.59 Å². The van der Waals surface area contributed by atoms with Gasteiger partial charge >= 0.3 is 0 Å². The van der Waals surface area contributed by atoms with E-state index in [1.54, 1.807) is 29.2 Å². The third kappa shape index (κ3) is 3.48. The number of nitrogens with one attached hydrogen (secondary N) is 1. The van der Waals surface area contributed by atoms with Gasteiger partial charge < -0.3 is 0 Å². The molecule has 2 amide bonds. The van der Waals surface area contributed by atoms with Crippen molar-refractivity contribution in [1.29, 1.82) is 0 Å². The molecule has 0 spiro atoms. The molecule has 1 aliphatic heterocycles. The number of amides is 2. The van der Waals surface area contributed by atoms with Crippen LogP contribution in [0.15, 0.2) is 71.8 Å². The lowest BCUT2D eigenvalue weighted by molar-refractivity contribution is -0.116. The summed E-state index contributed by atoms with van der Waals surface area (Å²) in [4.78, 5) is 26.7. The molecule has 0 unspecified atom stereocenters. The highest BCUT2D eigenvalue weighted by atomic mass is 35.5. The molecular weight excluding hydrogens is 394 g/mol. The minimum absolute atomic E-state index is 0.0687. The number of nitrogens with zero attached hydrogens (tertiary/aromatic N) is 2. The summed E-state index contributed by atoms with van der Waals surface area (Å²) in [6.07, 6.45) is 0. The highest BCUT2D eigenvalue weighted by Crippen LogP contribution is 2.35. The number of halogens is 1. The van der Waals surface area contributed by atoms with Crippen molar-refractivity contribution in [1.82, 2.24) is 5.43 Å². The Labute approximate surface area is 171 Å². The summed E-state index contributed by atoms with van der Waals surface area (Å²) in [7, 11) is 0. The van der Waals surface area contributed by atoms with Crippen LogP contribution in [0.2, 0.25) is 5.02 Å². The van der Waals surface area contributed by atoms with Gasteiger partial charge in [0.1, 0.15) is 0 Å². The fourth-order valence-electron chi connectivity index (χ4n) is 3.00.